The number of halogens is 1. The number of nitrogens with zero attached hydrogens (tertiary/aromatic N) is 1. The number of ether oxygens (including phenoxy) is 3. The van der Waals surface area contributed by atoms with E-state index in [1.54, 1.807) is 30.3 Å². The van der Waals surface area contributed by atoms with E-state index in [4.69, 9.17) is 30.2 Å². The van der Waals surface area contributed by atoms with Gasteiger partial charge in [0, 0.05) is 11.3 Å². The minimum Gasteiger partial charge on any atom is -0.493 e. The van der Waals surface area contributed by atoms with Crippen molar-refractivity contribution in [2.24, 2.45) is 0 Å². The number of fused-ring (bicyclic) bond motifs is 1. The zero-order chi connectivity index (χ0) is 22.8. The molecule has 4 aromatic rings. The van der Waals surface area contributed by atoms with Crippen molar-refractivity contribution in [2.45, 2.75) is 6.92 Å². The third kappa shape index (κ3) is 4.07. The van der Waals surface area contributed by atoms with Gasteiger partial charge < -0.3 is 23.9 Å². The molecule has 3 aromatic carbocycles. The predicted molar refractivity (Wildman–Crippen MR) is 123 cm³/mol. The Morgan fingerprint density at radius 3 is 2.34 bits per heavy atom. The fourth-order valence-electron chi connectivity index (χ4n) is 3.33. The number of hydrogen-bond donors (Lipinski definition) is 1. The Labute approximate surface area is 189 Å². The Balaban J connectivity index is 1.66. The largest absolute Gasteiger partial charge is 0.493 e. The molecule has 0 atom stereocenters. The molecule has 32 heavy (non-hydrogen) atoms. The van der Waals surface area contributed by atoms with E-state index in [1.165, 1.54) is 21.3 Å². The molecule has 0 aliphatic carbocycles. The van der Waals surface area contributed by atoms with Gasteiger partial charge in [-0.2, -0.15) is 0 Å². The van der Waals surface area contributed by atoms with E-state index in [-0.39, 0.29) is 5.91 Å². The van der Waals surface area contributed by atoms with E-state index in [0.29, 0.717) is 50.6 Å². The molecule has 1 aromatic heterocycles. The zero-order valence-electron chi connectivity index (χ0n) is 18.0. The first kappa shape index (κ1) is 21.5. The maximum absolute atomic E-state index is 12.9. The van der Waals surface area contributed by atoms with Crippen LogP contribution in [0.3, 0.4) is 0 Å². The SMILES string of the molecule is COc1cc(C(=O)Nc2ccc(Cl)c(-c3nc4ccc(C)cc4o3)c2)cc(OC)c1OC. The van der Waals surface area contributed by atoms with Gasteiger partial charge >= 0.3 is 0 Å². The molecular formula is C24H21ClN2O5. The van der Waals surface area contributed by atoms with Crippen molar-refractivity contribution in [3.8, 4) is 28.7 Å². The molecular weight excluding hydrogens is 432 g/mol. The third-order valence-electron chi connectivity index (χ3n) is 4.93. The number of aryl methyl sites for hydroxylation is 1. The van der Waals surface area contributed by atoms with Gasteiger partial charge in [-0.3, -0.25) is 4.79 Å². The van der Waals surface area contributed by atoms with Gasteiger partial charge in [-0.1, -0.05) is 17.7 Å². The van der Waals surface area contributed by atoms with Crippen molar-refractivity contribution in [1.29, 1.82) is 0 Å². The maximum Gasteiger partial charge on any atom is 0.255 e. The molecule has 1 amide bonds. The van der Waals surface area contributed by atoms with Crippen molar-refractivity contribution in [3.63, 3.8) is 0 Å². The fraction of sp³-hybridized carbons (Fsp3) is 0.167. The summed E-state index contributed by atoms with van der Waals surface area (Å²) in [6.07, 6.45) is 0. The van der Waals surface area contributed by atoms with Crippen LogP contribution in [-0.4, -0.2) is 32.2 Å². The van der Waals surface area contributed by atoms with Crippen LogP contribution in [-0.2, 0) is 0 Å². The molecule has 0 aliphatic heterocycles. The number of methoxy groups -OCH3 is 3. The summed E-state index contributed by atoms with van der Waals surface area (Å²) in [4.78, 5) is 17.4. The molecule has 4 rings (SSSR count). The van der Waals surface area contributed by atoms with Gasteiger partial charge in [0.2, 0.25) is 11.6 Å². The Morgan fingerprint density at radius 1 is 0.969 bits per heavy atom. The number of amides is 1. The average molecular weight is 453 g/mol. The van der Waals surface area contributed by atoms with Crippen LogP contribution in [0.5, 0.6) is 17.2 Å². The first-order chi connectivity index (χ1) is 15.4. The second kappa shape index (κ2) is 8.80. The number of oxazole rings is 1. The minimum absolute atomic E-state index is 0.341. The van der Waals surface area contributed by atoms with E-state index in [2.05, 4.69) is 10.3 Å². The van der Waals surface area contributed by atoms with Gasteiger partial charge in [0.15, 0.2) is 17.1 Å². The Morgan fingerprint density at radius 2 is 1.69 bits per heavy atom. The van der Waals surface area contributed by atoms with Crippen LogP contribution in [0.25, 0.3) is 22.6 Å². The molecule has 0 fully saturated rings. The highest BCUT2D eigenvalue weighted by Gasteiger charge is 2.18. The topological polar surface area (TPSA) is 82.8 Å². The summed E-state index contributed by atoms with van der Waals surface area (Å²) in [5.74, 6) is 1.20. The molecule has 1 N–H and O–H groups in total. The highest BCUT2D eigenvalue weighted by Crippen LogP contribution is 2.38. The lowest BCUT2D eigenvalue weighted by Crippen LogP contribution is -2.12. The predicted octanol–water partition coefficient (Wildman–Crippen LogP) is 5.73. The van der Waals surface area contributed by atoms with Gasteiger partial charge in [0.25, 0.3) is 5.91 Å². The van der Waals surface area contributed by atoms with Crippen molar-refractivity contribution < 1.29 is 23.4 Å². The highest BCUT2D eigenvalue weighted by molar-refractivity contribution is 6.33. The number of rotatable bonds is 6. The fourth-order valence-corrected chi connectivity index (χ4v) is 3.53. The molecule has 0 radical (unpaired) electrons. The smallest absolute Gasteiger partial charge is 0.255 e. The van der Waals surface area contributed by atoms with E-state index in [1.807, 2.05) is 25.1 Å². The lowest BCUT2D eigenvalue weighted by atomic mass is 10.1. The normalized spacial score (nSPS) is 10.8. The number of aromatic nitrogens is 1. The van der Waals surface area contributed by atoms with Gasteiger partial charge in [-0.25, -0.2) is 4.98 Å². The number of carbonyl (C=O) groups excluding carboxylic acids is 1. The third-order valence-corrected chi connectivity index (χ3v) is 5.26. The van der Waals surface area contributed by atoms with Gasteiger partial charge in [-0.05, 0) is 55.0 Å². The van der Waals surface area contributed by atoms with Crippen LogP contribution in [0.2, 0.25) is 5.02 Å². The molecule has 0 saturated carbocycles. The summed E-state index contributed by atoms with van der Waals surface area (Å²) in [5.41, 5.74) is 3.91. The number of anilines is 1. The molecule has 0 spiro atoms. The molecule has 8 heteroatoms. The van der Waals surface area contributed by atoms with Gasteiger partial charge in [0.1, 0.15) is 5.52 Å². The summed E-state index contributed by atoms with van der Waals surface area (Å²) in [5, 5.41) is 3.32. The summed E-state index contributed by atoms with van der Waals surface area (Å²) in [7, 11) is 4.49. The number of hydrogen-bond acceptors (Lipinski definition) is 6. The van der Waals surface area contributed by atoms with Crippen molar-refractivity contribution in [3.05, 3.63) is 64.7 Å². The molecule has 0 aliphatic rings. The van der Waals surface area contributed by atoms with Crippen molar-refractivity contribution >= 4 is 34.3 Å². The first-order valence-corrected chi connectivity index (χ1v) is 10.1. The minimum atomic E-state index is -0.356. The molecule has 0 saturated heterocycles. The maximum atomic E-state index is 12.9. The van der Waals surface area contributed by atoms with Crippen LogP contribution < -0.4 is 19.5 Å². The van der Waals surface area contributed by atoms with Gasteiger partial charge in [0.05, 0.1) is 31.9 Å². The molecule has 7 nitrogen and oxygen atoms in total. The van der Waals surface area contributed by atoms with E-state index < -0.39 is 0 Å². The van der Waals surface area contributed by atoms with E-state index in [9.17, 15) is 4.79 Å². The molecule has 164 valence electrons. The monoisotopic (exact) mass is 452 g/mol. The second-order valence-electron chi connectivity index (χ2n) is 7.05. The number of benzene rings is 3. The molecule has 0 bridgehead atoms. The van der Waals surface area contributed by atoms with Crippen LogP contribution >= 0.6 is 11.6 Å². The zero-order valence-corrected chi connectivity index (χ0v) is 18.7. The summed E-state index contributed by atoms with van der Waals surface area (Å²) in [6, 6.07) is 14.0. The summed E-state index contributed by atoms with van der Waals surface area (Å²) in [6.45, 7) is 1.98. The second-order valence-corrected chi connectivity index (χ2v) is 7.46. The first-order valence-electron chi connectivity index (χ1n) is 9.72. The number of carbonyl (C=O) groups is 1. The summed E-state index contributed by atoms with van der Waals surface area (Å²) < 4.78 is 21.9. The van der Waals surface area contributed by atoms with E-state index in [0.717, 1.165) is 11.1 Å². The Hall–Kier alpha value is -3.71. The van der Waals surface area contributed by atoms with Gasteiger partial charge in [-0.15, -0.1) is 0 Å². The molecule has 0 unspecified atom stereocenters. The van der Waals surface area contributed by atoms with Crippen LogP contribution in [0.1, 0.15) is 15.9 Å². The van der Waals surface area contributed by atoms with Crippen molar-refractivity contribution in [2.75, 3.05) is 26.6 Å². The quantitative estimate of drug-likeness (QED) is 0.402. The molecule has 1 heterocycles. The van der Waals surface area contributed by atoms with Crippen molar-refractivity contribution in [1.82, 2.24) is 4.98 Å². The summed E-state index contributed by atoms with van der Waals surface area (Å²) >= 11 is 6.40. The Kier molecular flexibility index (Phi) is 5.92. The lowest BCUT2D eigenvalue weighted by Gasteiger charge is -2.14. The van der Waals surface area contributed by atoms with Crippen LogP contribution in [0.15, 0.2) is 52.9 Å². The number of nitrogens with one attached hydrogen (secondary N) is 1. The van der Waals surface area contributed by atoms with Crippen LogP contribution in [0.4, 0.5) is 5.69 Å². The highest BCUT2D eigenvalue weighted by atomic mass is 35.5. The standard InChI is InChI=1S/C24H21ClN2O5/c1-13-5-8-18-19(9-13)32-24(27-18)16-12-15(6-7-17(16)25)26-23(28)14-10-20(29-2)22(31-4)21(11-14)30-3/h5-12H,1-4H3,(H,26,28). The van der Waals surface area contributed by atoms with E-state index >= 15 is 0 Å². The van der Waals surface area contributed by atoms with Crippen LogP contribution in [0, 0.1) is 6.92 Å². The lowest BCUT2D eigenvalue weighted by molar-refractivity contribution is 0.102. The average Bonchev–Trinajstić information content (AvgIpc) is 3.22. The Bertz CT molecular complexity index is 1290.